The summed E-state index contributed by atoms with van der Waals surface area (Å²) in [6, 6.07) is 3.07. The normalized spacial score (nSPS) is 25.7. The molecule has 2 aromatic rings. The van der Waals surface area contributed by atoms with E-state index in [9.17, 15) is 0 Å². The molecule has 5 rings (SSSR count). The summed E-state index contributed by atoms with van der Waals surface area (Å²) in [5.74, 6) is 1.00. The average molecular weight is 286 g/mol. The van der Waals surface area contributed by atoms with Crippen LogP contribution in [0.25, 0.3) is 10.9 Å². The average Bonchev–Trinajstić information content (AvgIpc) is 2.71. The summed E-state index contributed by atoms with van der Waals surface area (Å²) in [7, 11) is 0. The van der Waals surface area contributed by atoms with Crippen LogP contribution >= 0.6 is 24.0 Å². The Kier molecular flexibility index (Phi) is 2.84. The zero-order chi connectivity index (χ0) is 11.4. The molecule has 5 nitrogen and oxygen atoms in total. The van der Waals surface area contributed by atoms with Crippen LogP contribution in [-0.4, -0.2) is 40.4 Å². The van der Waals surface area contributed by atoms with Crippen LogP contribution in [0, 0.1) is 0 Å². The van der Waals surface area contributed by atoms with Gasteiger partial charge >= 0.3 is 0 Å². The molecule has 0 spiro atoms. The zero-order valence-electron chi connectivity index (χ0n) is 9.56. The fourth-order valence-corrected chi connectivity index (χ4v) is 2.96. The second-order valence-electron chi connectivity index (χ2n) is 4.80. The summed E-state index contributed by atoms with van der Waals surface area (Å²) in [5.41, 5.74) is 0.951. The van der Waals surface area contributed by atoms with Crippen molar-refractivity contribution >= 4 is 40.7 Å². The van der Waals surface area contributed by atoms with Gasteiger partial charge in [-0.1, -0.05) is 11.6 Å². The standard InChI is InChI=1S/C11H12ClN5.ClH/c12-10-2-9-8(3-13-10)11(16-15-9)17-4-6-1-7(5-17)14-6;/h2-3,6-7,14H,1,4-5H2,(H,15,16);1H. The van der Waals surface area contributed by atoms with Crippen molar-refractivity contribution < 1.29 is 0 Å². The van der Waals surface area contributed by atoms with E-state index >= 15 is 0 Å². The molecule has 0 aromatic carbocycles. The van der Waals surface area contributed by atoms with E-state index in [1.54, 1.807) is 6.20 Å². The van der Waals surface area contributed by atoms with E-state index in [4.69, 9.17) is 11.6 Å². The lowest BCUT2D eigenvalue weighted by Gasteiger charge is -2.48. The van der Waals surface area contributed by atoms with E-state index < -0.39 is 0 Å². The Morgan fingerprint density at radius 2 is 2.06 bits per heavy atom. The van der Waals surface area contributed by atoms with E-state index in [0.29, 0.717) is 17.2 Å². The van der Waals surface area contributed by atoms with Gasteiger partial charge < -0.3 is 10.2 Å². The topological polar surface area (TPSA) is 56.8 Å². The third-order valence-electron chi connectivity index (χ3n) is 3.62. The van der Waals surface area contributed by atoms with Crippen molar-refractivity contribution in [1.82, 2.24) is 20.5 Å². The monoisotopic (exact) mass is 285 g/mol. The largest absolute Gasteiger partial charge is 0.351 e. The first-order valence-electron chi connectivity index (χ1n) is 5.80. The van der Waals surface area contributed by atoms with Crippen molar-refractivity contribution in [3.8, 4) is 0 Å². The van der Waals surface area contributed by atoms with Crippen molar-refractivity contribution in [2.75, 3.05) is 18.0 Å². The van der Waals surface area contributed by atoms with Crippen LogP contribution < -0.4 is 10.2 Å². The molecule has 0 saturated carbocycles. The Morgan fingerprint density at radius 1 is 1.33 bits per heavy atom. The third-order valence-corrected chi connectivity index (χ3v) is 3.82. The number of piperidine rings is 1. The van der Waals surface area contributed by atoms with Crippen molar-refractivity contribution in [3.63, 3.8) is 0 Å². The molecule has 0 radical (unpaired) electrons. The number of hydrogen-bond donors (Lipinski definition) is 2. The van der Waals surface area contributed by atoms with E-state index in [0.717, 1.165) is 29.8 Å². The highest BCUT2D eigenvalue weighted by atomic mass is 35.5. The molecule has 0 amide bonds. The SMILES string of the molecule is Cl.Clc1cc2[nH]nc(N3CC4CC(C3)N4)c2cn1. The first kappa shape index (κ1) is 12.0. The van der Waals surface area contributed by atoms with Crippen molar-refractivity contribution in [2.24, 2.45) is 0 Å². The fourth-order valence-electron chi connectivity index (χ4n) is 2.80. The van der Waals surface area contributed by atoms with Gasteiger partial charge in [0.15, 0.2) is 5.82 Å². The lowest BCUT2D eigenvalue weighted by atomic mass is 9.91. The Balaban J connectivity index is 0.000001000. The maximum absolute atomic E-state index is 5.86. The predicted octanol–water partition coefficient (Wildman–Crippen LogP) is 1.58. The van der Waals surface area contributed by atoms with E-state index in [1.807, 2.05) is 6.07 Å². The van der Waals surface area contributed by atoms with Gasteiger partial charge in [-0.25, -0.2) is 4.98 Å². The number of pyridine rings is 1. The molecule has 2 bridgehead atoms. The zero-order valence-corrected chi connectivity index (χ0v) is 11.1. The van der Waals surface area contributed by atoms with Crippen molar-refractivity contribution in [3.05, 3.63) is 17.4 Å². The number of piperazine rings is 1. The van der Waals surface area contributed by atoms with Crippen LogP contribution in [-0.2, 0) is 0 Å². The molecule has 3 fully saturated rings. The number of fused-ring (bicyclic) bond motifs is 3. The maximum atomic E-state index is 5.86. The summed E-state index contributed by atoms with van der Waals surface area (Å²) < 4.78 is 0. The molecule has 3 aliphatic heterocycles. The molecule has 0 aliphatic carbocycles. The molecule has 5 heterocycles. The van der Waals surface area contributed by atoms with E-state index in [2.05, 4.69) is 25.4 Å². The molecule has 2 N–H and O–H groups in total. The summed E-state index contributed by atoms with van der Waals surface area (Å²) in [6.07, 6.45) is 3.09. The number of aromatic amines is 1. The molecule has 18 heavy (non-hydrogen) atoms. The minimum atomic E-state index is 0. The molecule has 2 unspecified atom stereocenters. The Morgan fingerprint density at radius 3 is 2.78 bits per heavy atom. The second kappa shape index (κ2) is 4.26. The molecule has 2 atom stereocenters. The van der Waals surface area contributed by atoms with Crippen LogP contribution in [0.3, 0.4) is 0 Å². The number of aromatic nitrogens is 3. The highest BCUT2D eigenvalue weighted by Crippen LogP contribution is 2.30. The molecular formula is C11H13Cl2N5. The van der Waals surface area contributed by atoms with Crippen LogP contribution in [0.4, 0.5) is 5.82 Å². The number of halogens is 2. The van der Waals surface area contributed by atoms with Gasteiger partial charge in [-0.15, -0.1) is 12.4 Å². The quantitative estimate of drug-likeness (QED) is 0.782. The predicted molar refractivity (Wildman–Crippen MR) is 73.7 cm³/mol. The van der Waals surface area contributed by atoms with Crippen LogP contribution in [0.15, 0.2) is 12.3 Å². The number of nitrogens with one attached hydrogen (secondary N) is 2. The lowest BCUT2D eigenvalue weighted by Crippen LogP contribution is -2.67. The van der Waals surface area contributed by atoms with Crippen molar-refractivity contribution in [2.45, 2.75) is 18.5 Å². The minimum absolute atomic E-state index is 0. The molecule has 96 valence electrons. The molecule has 7 heteroatoms. The van der Waals surface area contributed by atoms with Crippen molar-refractivity contribution in [1.29, 1.82) is 0 Å². The van der Waals surface area contributed by atoms with Crippen LogP contribution in [0.2, 0.25) is 5.15 Å². The van der Waals surface area contributed by atoms with Gasteiger partial charge in [0.25, 0.3) is 0 Å². The lowest BCUT2D eigenvalue weighted by molar-refractivity contribution is 0.225. The molecule has 3 saturated heterocycles. The summed E-state index contributed by atoms with van der Waals surface area (Å²) >= 11 is 5.86. The highest BCUT2D eigenvalue weighted by molar-refractivity contribution is 6.30. The van der Waals surface area contributed by atoms with Crippen LogP contribution in [0.1, 0.15) is 6.42 Å². The Bertz CT molecular complexity index is 568. The first-order chi connectivity index (χ1) is 8.29. The first-order valence-corrected chi connectivity index (χ1v) is 6.18. The summed E-state index contributed by atoms with van der Waals surface area (Å²) in [4.78, 5) is 6.45. The van der Waals surface area contributed by atoms with Gasteiger partial charge in [0.2, 0.25) is 0 Å². The number of anilines is 1. The molecule has 3 aliphatic rings. The summed E-state index contributed by atoms with van der Waals surface area (Å²) in [5, 5.41) is 12.5. The number of rotatable bonds is 1. The van der Waals surface area contributed by atoms with E-state index in [1.165, 1.54) is 6.42 Å². The fraction of sp³-hybridized carbons (Fsp3) is 0.455. The van der Waals surface area contributed by atoms with Gasteiger partial charge in [-0.2, -0.15) is 5.10 Å². The molecule has 2 aromatic heterocycles. The Hall–Kier alpha value is -1.04. The highest BCUT2D eigenvalue weighted by Gasteiger charge is 2.37. The summed E-state index contributed by atoms with van der Waals surface area (Å²) in [6.45, 7) is 2.05. The van der Waals surface area contributed by atoms with Gasteiger partial charge in [-0.05, 0) is 6.42 Å². The smallest absolute Gasteiger partial charge is 0.159 e. The number of H-pyrrole nitrogens is 1. The van der Waals surface area contributed by atoms with Gasteiger partial charge in [0, 0.05) is 37.4 Å². The second-order valence-corrected chi connectivity index (χ2v) is 5.19. The minimum Gasteiger partial charge on any atom is -0.351 e. The van der Waals surface area contributed by atoms with Gasteiger partial charge in [0.05, 0.1) is 10.9 Å². The number of nitrogens with zero attached hydrogens (tertiary/aromatic N) is 3. The van der Waals surface area contributed by atoms with Gasteiger partial charge in [0.1, 0.15) is 5.15 Å². The number of hydrogen-bond acceptors (Lipinski definition) is 4. The maximum Gasteiger partial charge on any atom is 0.159 e. The van der Waals surface area contributed by atoms with Crippen LogP contribution in [0.5, 0.6) is 0 Å². The van der Waals surface area contributed by atoms with E-state index in [-0.39, 0.29) is 12.4 Å². The molecular weight excluding hydrogens is 273 g/mol. The third kappa shape index (κ3) is 1.74. The Labute approximate surface area is 115 Å². The van der Waals surface area contributed by atoms with Gasteiger partial charge in [-0.3, -0.25) is 5.10 Å².